The van der Waals surface area contributed by atoms with Gasteiger partial charge in [0.05, 0.1) is 24.2 Å². The van der Waals surface area contributed by atoms with Gasteiger partial charge in [0.2, 0.25) is 10.0 Å². The van der Waals surface area contributed by atoms with Crippen LogP contribution in [-0.4, -0.2) is 45.1 Å². The molecule has 2 atom stereocenters. The van der Waals surface area contributed by atoms with E-state index in [1.165, 1.54) is 23.5 Å². The molecule has 1 heterocycles. The van der Waals surface area contributed by atoms with E-state index in [0.29, 0.717) is 0 Å². The Bertz CT molecular complexity index is 580. The second-order valence-corrected chi connectivity index (χ2v) is 6.81. The minimum Gasteiger partial charge on any atom is -0.494 e. The number of benzene rings is 1. The van der Waals surface area contributed by atoms with Gasteiger partial charge in [0.1, 0.15) is 0 Å². The Labute approximate surface area is 118 Å². The minimum atomic E-state index is -3.72. The number of halogens is 1. The average molecular weight is 303 g/mol. The van der Waals surface area contributed by atoms with Crippen molar-refractivity contribution in [3.05, 3.63) is 24.0 Å². The van der Waals surface area contributed by atoms with E-state index >= 15 is 0 Å². The molecule has 1 aromatic rings. The molecular formula is C13H18FNO4S. The third-order valence-corrected chi connectivity index (χ3v) is 4.97. The van der Waals surface area contributed by atoms with Crippen LogP contribution < -0.4 is 4.74 Å². The molecule has 7 heteroatoms. The van der Waals surface area contributed by atoms with Crippen LogP contribution in [0.4, 0.5) is 4.39 Å². The van der Waals surface area contributed by atoms with Crippen molar-refractivity contribution in [3.63, 3.8) is 0 Å². The quantitative estimate of drug-likeness (QED) is 0.851. The van der Waals surface area contributed by atoms with Crippen molar-refractivity contribution in [2.75, 3.05) is 20.2 Å². The van der Waals surface area contributed by atoms with Crippen LogP contribution in [0.3, 0.4) is 0 Å². The molecule has 0 bridgehead atoms. The van der Waals surface area contributed by atoms with Crippen molar-refractivity contribution < 1.29 is 22.3 Å². The molecule has 1 aliphatic heterocycles. The monoisotopic (exact) mass is 303 g/mol. The maximum Gasteiger partial charge on any atom is 0.243 e. The number of hydrogen-bond donors (Lipinski definition) is 0. The summed E-state index contributed by atoms with van der Waals surface area (Å²) in [5.41, 5.74) is 0. The van der Waals surface area contributed by atoms with Crippen molar-refractivity contribution >= 4 is 10.0 Å². The van der Waals surface area contributed by atoms with E-state index in [-0.39, 0.29) is 35.9 Å². The molecule has 0 radical (unpaired) electrons. The van der Waals surface area contributed by atoms with Gasteiger partial charge in [-0.15, -0.1) is 0 Å². The van der Waals surface area contributed by atoms with E-state index < -0.39 is 15.8 Å². The van der Waals surface area contributed by atoms with Crippen LogP contribution in [0.25, 0.3) is 0 Å². The summed E-state index contributed by atoms with van der Waals surface area (Å²) in [6.07, 6.45) is -0.367. The fourth-order valence-corrected chi connectivity index (χ4v) is 3.89. The first-order chi connectivity index (χ1) is 9.34. The predicted molar refractivity (Wildman–Crippen MR) is 71.7 cm³/mol. The molecule has 1 aromatic carbocycles. The fraction of sp³-hybridized carbons (Fsp3) is 0.538. The van der Waals surface area contributed by atoms with Gasteiger partial charge in [0.15, 0.2) is 11.6 Å². The molecule has 0 saturated carbocycles. The van der Waals surface area contributed by atoms with E-state index in [1.54, 1.807) is 0 Å². The molecule has 5 nitrogen and oxygen atoms in total. The number of hydrogen-bond acceptors (Lipinski definition) is 4. The molecular weight excluding hydrogens is 285 g/mol. The lowest BCUT2D eigenvalue weighted by molar-refractivity contribution is -0.0440. The molecule has 2 rings (SSSR count). The lowest BCUT2D eigenvalue weighted by atomic mass is 10.3. The molecule has 0 aromatic heterocycles. The van der Waals surface area contributed by atoms with Gasteiger partial charge in [0, 0.05) is 13.1 Å². The van der Waals surface area contributed by atoms with Gasteiger partial charge in [0.25, 0.3) is 0 Å². The van der Waals surface area contributed by atoms with Crippen LogP contribution in [0.5, 0.6) is 5.75 Å². The number of morpholine rings is 1. The van der Waals surface area contributed by atoms with Crippen LogP contribution in [0.15, 0.2) is 23.1 Å². The summed E-state index contributed by atoms with van der Waals surface area (Å²) in [7, 11) is -2.39. The van der Waals surface area contributed by atoms with Crippen LogP contribution >= 0.6 is 0 Å². The summed E-state index contributed by atoms with van der Waals surface area (Å²) in [6.45, 7) is 4.15. The Morgan fingerprint density at radius 1 is 1.30 bits per heavy atom. The topological polar surface area (TPSA) is 55.8 Å². The number of sulfonamides is 1. The number of rotatable bonds is 3. The normalized spacial score (nSPS) is 24.6. The lowest BCUT2D eigenvalue weighted by Crippen LogP contribution is -2.48. The van der Waals surface area contributed by atoms with Gasteiger partial charge in [-0.2, -0.15) is 4.31 Å². The van der Waals surface area contributed by atoms with E-state index in [4.69, 9.17) is 9.47 Å². The Hall–Kier alpha value is -1.18. The van der Waals surface area contributed by atoms with Crippen LogP contribution in [0.2, 0.25) is 0 Å². The Morgan fingerprint density at radius 3 is 2.40 bits per heavy atom. The first kappa shape index (κ1) is 15.2. The van der Waals surface area contributed by atoms with E-state index in [9.17, 15) is 12.8 Å². The summed E-state index contributed by atoms with van der Waals surface area (Å²) in [5, 5.41) is 0. The zero-order chi connectivity index (χ0) is 14.9. The molecule has 2 unspecified atom stereocenters. The van der Waals surface area contributed by atoms with Crippen LogP contribution in [0, 0.1) is 5.82 Å². The minimum absolute atomic E-state index is 0.0210. The van der Waals surface area contributed by atoms with Crippen LogP contribution in [0.1, 0.15) is 13.8 Å². The average Bonchev–Trinajstić information content (AvgIpc) is 2.37. The Kier molecular flexibility index (Phi) is 4.31. The molecule has 1 fully saturated rings. The molecule has 0 amide bonds. The highest BCUT2D eigenvalue weighted by Crippen LogP contribution is 2.25. The highest BCUT2D eigenvalue weighted by molar-refractivity contribution is 7.89. The van der Waals surface area contributed by atoms with E-state index in [2.05, 4.69) is 0 Å². The third kappa shape index (κ3) is 2.94. The maximum absolute atomic E-state index is 13.7. The molecule has 20 heavy (non-hydrogen) atoms. The van der Waals surface area contributed by atoms with Crippen molar-refractivity contribution in [2.45, 2.75) is 31.0 Å². The maximum atomic E-state index is 13.7. The van der Waals surface area contributed by atoms with Gasteiger partial charge in [-0.25, -0.2) is 12.8 Å². The fourth-order valence-electron chi connectivity index (χ4n) is 2.28. The van der Waals surface area contributed by atoms with E-state index in [0.717, 1.165) is 6.07 Å². The number of nitrogens with zero attached hydrogens (tertiary/aromatic N) is 1. The SMILES string of the molecule is COc1ccc(S(=O)(=O)N2CC(C)OC(C)C2)cc1F. The van der Waals surface area contributed by atoms with Gasteiger partial charge in [-0.1, -0.05) is 0 Å². The van der Waals surface area contributed by atoms with Crippen molar-refractivity contribution in [1.29, 1.82) is 0 Å². The number of ether oxygens (including phenoxy) is 2. The second kappa shape index (κ2) is 5.67. The van der Waals surface area contributed by atoms with Crippen molar-refractivity contribution in [2.24, 2.45) is 0 Å². The highest BCUT2D eigenvalue weighted by Gasteiger charge is 2.32. The first-order valence-corrected chi connectivity index (χ1v) is 7.77. The van der Waals surface area contributed by atoms with Gasteiger partial charge in [-0.3, -0.25) is 0 Å². The zero-order valence-electron chi connectivity index (χ0n) is 11.7. The highest BCUT2D eigenvalue weighted by atomic mass is 32.2. The molecule has 0 aliphatic carbocycles. The number of methoxy groups -OCH3 is 1. The van der Waals surface area contributed by atoms with Gasteiger partial charge in [-0.05, 0) is 32.0 Å². The predicted octanol–water partition coefficient (Wildman–Crippen LogP) is 1.63. The Balaban J connectivity index is 2.32. The molecule has 0 N–H and O–H groups in total. The Morgan fingerprint density at radius 2 is 1.90 bits per heavy atom. The van der Waals surface area contributed by atoms with Gasteiger partial charge >= 0.3 is 0 Å². The summed E-state index contributed by atoms with van der Waals surface area (Å²) < 4.78 is 50.3. The lowest BCUT2D eigenvalue weighted by Gasteiger charge is -2.34. The van der Waals surface area contributed by atoms with Gasteiger partial charge < -0.3 is 9.47 Å². The zero-order valence-corrected chi connectivity index (χ0v) is 12.5. The van der Waals surface area contributed by atoms with Crippen molar-refractivity contribution in [1.82, 2.24) is 4.31 Å². The third-order valence-electron chi connectivity index (χ3n) is 3.15. The largest absolute Gasteiger partial charge is 0.494 e. The summed E-state index contributed by atoms with van der Waals surface area (Å²) in [5.74, 6) is -0.671. The van der Waals surface area contributed by atoms with Crippen LogP contribution in [-0.2, 0) is 14.8 Å². The smallest absolute Gasteiger partial charge is 0.243 e. The van der Waals surface area contributed by atoms with E-state index in [1.807, 2.05) is 13.8 Å². The summed E-state index contributed by atoms with van der Waals surface area (Å²) in [6, 6.07) is 3.65. The molecule has 1 saturated heterocycles. The molecule has 112 valence electrons. The molecule has 0 spiro atoms. The standard InChI is InChI=1S/C13H18FNO4S/c1-9-7-15(8-10(2)19-9)20(16,17)11-4-5-13(18-3)12(14)6-11/h4-6,9-10H,7-8H2,1-3H3. The summed E-state index contributed by atoms with van der Waals surface area (Å²) >= 11 is 0. The van der Waals surface area contributed by atoms with Crippen molar-refractivity contribution in [3.8, 4) is 5.75 Å². The second-order valence-electron chi connectivity index (χ2n) is 4.88. The first-order valence-electron chi connectivity index (χ1n) is 6.33. The molecule has 1 aliphatic rings. The summed E-state index contributed by atoms with van der Waals surface area (Å²) in [4.78, 5) is -0.0721.